The summed E-state index contributed by atoms with van der Waals surface area (Å²) in [6.45, 7) is 4.89. The van der Waals surface area contributed by atoms with Crippen LogP contribution >= 0.6 is 11.6 Å². The van der Waals surface area contributed by atoms with Crippen molar-refractivity contribution in [2.75, 3.05) is 20.2 Å². The first kappa shape index (κ1) is 24.6. The highest BCUT2D eigenvalue weighted by Crippen LogP contribution is 2.29. The van der Waals surface area contributed by atoms with Gasteiger partial charge in [-0.1, -0.05) is 43.5 Å². The molecule has 1 aliphatic heterocycles. The largest absolute Gasteiger partial charge is 0.496 e. The molecular weight excluding hydrogens is 448 g/mol. The lowest BCUT2D eigenvalue weighted by atomic mass is 10.0. The van der Waals surface area contributed by atoms with Crippen LogP contribution in [0, 0.1) is 6.92 Å². The SMILES string of the molecule is CC[C@@H](NC(=O)c1ccc(Cl)c(S(=O)(=O)N2CCCCCC2)c1)c1ccc(OC)c(C)c1. The second-order valence-electron chi connectivity index (χ2n) is 8.13. The number of ether oxygens (including phenoxy) is 1. The zero-order valence-corrected chi connectivity index (χ0v) is 20.4. The second kappa shape index (κ2) is 10.7. The third-order valence-electron chi connectivity index (χ3n) is 5.91. The molecule has 0 aliphatic carbocycles. The summed E-state index contributed by atoms with van der Waals surface area (Å²) >= 11 is 6.27. The predicted molar refractivity (Wildman–Crippen MR) is 127 cm³/mol. The highest BCUT2D eigenvalue weighted by Gasteiger charge is 2.28. The van der Waals surface area contributed by atoms with Crippen LogP contribution in [0.1, 0.15) is 66.6 Å². The molecule has 1 fully saturated rings. The average molecular weight is 479 g/mol. The van der Waals surface area contributed by atoms with Gasteiger partial charge >= 0.3 is 0 Å². The number of nitrogens with one attached hydrogen (secondary N) is 1. The second-order valence-corrected chi connectivity index (χ2v) is 10.4. The molecule has 1 saturated heterocycles. The minimum Gasteiger partial charge on any atom is -0.496 e. The number of methoxy groups -OCH3 is 1. The van der Waals surface area contributed by atoms with Gasteiger partial charge in [-0.2, -0.15) is 4.31 Å². The summed E-state index contributed by atoms with van der Waals surface area (Å²) in [6, 6.07) is 10.0. The molecule has 1 amide bonds. The summed E-state index contributed by atoms with van der Waals surface area (Å²) in [5.41, 5.74) is 2.21. The predicted octanol–water partition coefficient (Wildman–Crippen LogP) is 5.10. The highest BCUT2D eigenvalue weighted by molar-refractivity contribution is 7.89. The number of rotatable bonds is 7. The maximum atomic E-state index is 13.2. The van der Waals surface area contributed by atoms with E-state index >= 15 is 0 Å². The Balaban J connectivity index is 1.84. The summed E-state index contributed by atoms with van der Waals surface area (Å²) in [6.07, 6.45) is 4.38. The Morgan fingerprint density at radius 3 is 2.41 bits per heavy atom. The van der Waals surface area contributed by atoms with E-state index in [2.05, 4.69) is 5.32 Å². The Morgan fingerprint density at radius 1 is 1.12 bits per heavy atom. The van der Waals surface area contributed by atoms with Crippen LogP contribution in [-0.4, -0.2) is 38.8 Å². The van der Waals surface area contributed by atoms with E-state index in [9.17, 15) is 13.2 Å². The quantitative estimate of drug-likeness (QED) is 0.600. The molecule has 0 radical (unpaired) electrons. The Hall–Kier alpha value is -2.09. The topological polar surface area (TPSA) is 75.7 Å². The van der Waals surface area contributed by atoms with Gasteiger partial charge in [0.15, 0.2) is 0 Å². The van der Waals surface area contributed by atoms with Crippen LogP contribution in [0.2, 0.25) is 5.02 Å². The zero-order valence-electron chi connectivity index (χ0n) is 18.9. The molecule has 0 unspecified atom stereocenters. The average Bonchev–Trinajstić information content (AvgIpc) is 3.07. The van der Waals surface area contributed by atoms with E-state index in [0.29, 0.717) is 19.5 Å². The van der Waals surface area contributed by atoms with Gasteiger partial charge in [-0.15, -0.1) is 0 Å². The number of halogens is 1. The van der Waals surface area contributed by atoms with E-state index in [4.69, 9.17) is 16.3 Å². The standard InChI is InChI=1S/C24H31ClN2O4S/c1-4-21(18-10-12-22(31-3)17(2)15-18)26-24(28)19-9-11-20(25)23(16-19)32(29,30)27-13-7-5-6-8-14-27/h9-12,15-16,21H,4-8,13-14H2,1-3H3,(H,26,28)/t21-/m1/s1. The molecular formula is C24H31ClN2O4S. The number of hydrogen-bond acceptors (Lipinski definition) is 4. The minimum absolute atomic E-state index is 0.0120. The minimum atomic E-state index is -3.76. The van der Waals surface area contributed by atoms with Gasteiger partial charge in [0.05, 0.1) is 18.2 Å². The van der Waals surface area contributed by atoms with E-state index < -0.39 is 10.0 Å². The van der Waals surface area contributed by atoms with Crippen molar-refractivity contribution < 1.29 is 17.9 Å². The molecule has 1 heterocycles. The number of aryl methyl sites for hydroxylation is 1. The van der Waals surface area contributed by atoms with Gasteiger partial charge in [-0.25, -0.2) is 8.42 Å². The van der Waals surface area contributed by atoms with Crippen LogP contribution < -0.4 is 10.1 Å². The first-order chi connectivity index (χ1) is 15.3. The van der Waals surface area contributed by atoms with E-state index in [1.165, 1.54) is 16.4 Å². The number of nitrogens with zero attached hydrogens (tertiary/aromatic N) is 1. The van der Waals surface area contributed by atoms with E-state index in [-0.39, 0.29) is 27.4 Å². The van der Waals surface area contributed by atoms with Crippen molar-refractivity contribution >= 4 is 27.5 Å². The number of carbonyl (C=O) groups is 1. The van der Waals surface area contributed by atoms with Gasteiger partial charge in [0, 0.05) is 18.7 Å². The molecule has 1 atom stereocenters. The van der Waals surface area contributed by atoms with Crippen molar-refractivity contribution in [1.82, 2.24) is 9.62 Å². The van der Waals surface area contributed by atoms with Gasteiger partial charge in [-0.3, -0.25) is 4.79 Å². The van der Waals surface area contributed by atoms with E-state index in [1.807, 2.05) is 32.0 Å². The third kappa shape index (κ3) is 5.45. The summed E-state index contributed by atoms with van der Waals surface area (Å²) in [5.74, 6) is 0.449. The van der Waals surface area contributed by atoms with Crippen LogP contribution in [0.5, 0.6) is 5.75 Å². The third-order valence-corrected chi connectivity index (χ3v) is 8.29. The first-order valence-corrected chi connectivity index (χ1v) is 12.8. The smallest absolute Gasteiger partial charge is 0.251 e. The molecule has 1 N–H and O–H groups in total. The lowest BCUT2D eigenvalue weighted by molar-refractivity contribution is 0.0935. The van der Waals surface area contributed by atoms with Crippen molar-refractivity contribution in [2.24, 2.45) is 0 Å². The fourth-order valence-corrected chi connectivity index (χ4v) is 6.06. The van der Waals surface area contributed by atoms with E-state index in [1.54, 1.807) is 13.2 Å². The highest BCUT2D eigenvalue weighted by atomic mass is 35.5. The monoisotopic (exact) mass is 478 g/mol. The summed E-state index contributed by atoms with van der Waals surface area (Å²) < 4.78 is 33.3. The number of sulfonamides is 1. The van der Waals surface area contributed by atoms with Gasteiger partial charge in [-0.05, 0) is 61.6 Å². The van der Waals surface area contributed by atoms with E-state index in [0.717, 1.165) is 42.6 Å². The van der Waals surface area contributed by atoms with Gasteiger partial charge in [0.2, 0.25) is 10.0 Å². The van der Waals surface area contributed by atoms with Gasteiger partial charge < -0.3 is 10.1 Å². The van der Waals surface area contributed by atoms with Crippen LogP contribution in [0.25, 0.3) is 0 Å². The molecule has 8 heteroatoms. The summed E-state index contributed by atoms with van der Waals surface area (Å²) in [5, 5.41) is 3.15. The lowest BCUT2D eigenvalue weighted by Gasteiger charge is -2.22. The van der Waals surface area contributed by atoms with Crippen LogP contribution in [0.3, 0.4) is 0 Å². The van der Waals surface area contributed by atoms with Crippen LogP contribution in [0.15, 0.2) is 41.3 Å². The number of carbonyl (C=O) groups excluding carboxylic acids is 1. The Kier molecular flexibility index (Phi) is 8.20. The van der Waals surface area contributed by atoms with Gasteiger partial charge in [0.1, 0.15) is 10.6 Å². The summed E-state index contributed by atoms with van der Waals surface area (Å²) in [4.78, 5) is 13.0. The fraction of sp³-hybridized carbons (Fsp3) is 0.458. The van der Waals surface area contributed by atoms with Crippen LogP contribution in [0.4, 0.5) is 0 Å². The summed E-state index contributed by atoms with van der Waals surface area (Å²) in [7, 11) is -2.14. The number of benzene rings is 2. The molecule has 6 nitrogen and oxygen atoms in total. The molecule has 2 aromatic carbocycles. The molecule has 3 rings (SSSR count). The Labute approximate surface area is 196 Å². The molecule has 2 aromatic rings. The van der Waals surface area contributed by atoms with Crippen molar-refractivity contribution in [3.05, 3.63) is 58.1 Å². The normalized spacial score (nSPS) is 16.2. The molecule has 1 aliphatic rings. The molecule has 174 valence electrons. The Bertz CT molecular complexity index is 1060. The maximum Gasteiger partial charge on any atom is 0.251 e. The fourth-order valence-electron chi connectivity index (χ4n) is 4.04. The molecule has 0 spiro atoms. The zero-order chi connectivity index (χ0) is 23.3. The number of amides is 1. The first-order valence-electron chi connectivity index (χ1n) is 11.0. The maximum absolute atomic E-state index is 13.2. The molecule has 0 aromatic heterocycles. The molecule has 32 heavy (non-hydrogen) atoms. The van der Waals surface area contributed by atoms with Crippen molar-refractivity contribution in [3.8, 4) is 5.75 Å². The Morgan fingerprint density at radius 2 is 1.81 bits per heavy atom. The van der Waals surface area contributed by atoms with Gasteiger partial charge in [0.25, 0.3) is 5.91 Å². The molecule has 0 bridgehead atoms. The number of hydrogen-bond donors (Lipinski definition) is 1. The molecule has 0 saturated carbocycles. The van der Waals surface area contributed by atoms with Crippen molar-refractivity contribution in [3.63, 3.8) is 0 Å². The van der Waals surface area contributed by atoms with Crippen molar-refractivity contribution in [1.29, 1.82) is 0 Å². The van der Waals surface area contributed by atoms with Crippen LogP contribution in [-0.2, 0) is 10.0 Å². The van der Waals surface area contributed by atoms with Crippen molar-refractivity contribution in [2.45, 2.75) is 56.9 Å². The lowest BCUT2D eigenvalue weighted by Crippen LogP contribution is -2.32.